The zero-order valence-electron chi connectivity index (χ0n) is 11.9. The first-order chi connectivity index (χ1) is 9.79. The molecule has 0 bridgehead atoms. The average molecular weight is 289 g/mol. The minimum Gasteiger partial charge on any atom is -0.494 e. The Morgan fingerprint density at radius 1 is 1.05 bits per heavy atom. The number of para-hydroxylation sites is 1. The molecule has 0 radical (unpaired) electrons. The smallest absolute Gasteiger partial charge is 0.119 e. The molecule has 106 valence electrons. The molecule has 0 fully saturated rings. The Morgan fingerprint density at radius 3 is 2.55 bits per heavy atom. The fourth-order valence-corrected chi connectivity index (χ4v) is 2.63. The van der Waals surface area contributed by atoms with Gasteiger partial charge in [0.2, 0.25) is 0 Å². The van der Waals surface area contributed by atoms with Gasteiger partial charge in [0.1, 0.15) is 5.75 Å². The third-order valence-corrected chi connectivity index (χ3v) is 3.78. The summed E-state index contributed by atoms with van der Waals surface area (Å²) in [6.07, 6.45) is 2.07. The van der Waals surface area contributed by atoms with Crippen LogP contribution in [-0.4, -0.2) is 12.5 Å². The number of rotatable bonds is 7. The van der Waals surface area contributed by atoms with E-state index in [1.165, 1.54) is 11.1 Å². The van der Waals surface area contributed by atoms with E-state index in [0.29, 0.717) is 11.8 Å². The lowest BCUT2D eigenvalue weighted by molar-refractivity contribution is 0.303. The number of alkyl halides is 1. The summed E-state index contributed by atoms with van der Waals surface area (Å²) in [4.78, 5) is 0. The van der Waals surface area contributed by atoms with Crippen LogP contribution in [0.5, 0.6) is 5.75 Å². The third-order valence-electron chi connectivity index (χ3n) is 3.41. The van der Waals surface area contributed by atoms with Gasteiger partial charge in [0.05, 0.1) is 6.61 Å². The van der Waals surface area contributed by atoms with Gasteiger partial charge < -0.3 is 4.74 Å². The largest absolute Gasteiger partial charge is 0.494 e. The molecular formula is C18H21ClO. The van der Waals surface area contributed by atoms with Crippen molar-refractivity contribution in [2.45, 2.75) is 25.7 Å². The number of halogens is 1. The topological polar surface area (TPSA) is 9.23 Å². The molecule has 0 aliphatic heterocycles. The van der Waals surface area contributed by atoms with Crippen LogP contribution in [-0.2, 0) is 0 Å². The molecule has 1 unspecified atom stereocenters. The van der Waals surface area contributed by atoms with E-state index in [0.717, 1.165) is 25.2 Å². The van der Waals surface area contributed by atoms with Gasteiger partial charge in [-0.2, -0.15) is 0 Å². The number of hydrogen-bond donors (Lipinski definition) is 0. The van der Waals surface area contributed by atoms with Crippen LogP contribution in [0.15, 0.2) is 54.6 Å². The van der Waals surface area contributed by atoms with E-state index >= 15 is 0 Å². The van der Waals surface area contributed by atoms with E-state index in [-0.39, 0.29) is 0 Å². The molecule has 0 aliphatic carbocycles. The second-order valence-electron chi connectivity index (χ2n) is 5.07. The first-order valence-electron chi connectivity index (χ1n) is 7.10. The molecule has 0 spiro atoms. The Bertz CT molecular complexity index is 510. The molecule has 0 N–H and O–H groups in total. The molecule has 2 aromatic carbocycles. The van der Waals surface area contributed by atoms with Crippen molar-refractivity contribution < 1.29 is 4.74 Å². The lowest BCUT2D eigenvalue weighted by Crippen LogP contribution is -2.05. The summed E-state index contributed by atoms with van der Waals surface area (Å²) in [6, 6.07) is 18.6. The Kier molecular flexibility index (Phi) is 5.94. The van der Waals surface area contributed by atoms with Crippen LogP contribution in [0.1, 0.15) is 29.9 Å². The molecule has 2 rings (SSSR count). The van der Waals surface area contributed by atoms with Crippen LogP contribution in [0.2, 0.25) is 0 Å². The van der Waals surface area contributed by atoms with Crippen LogP contribution < -0.4 is 4.74 Å². The fourth-order valence-electron chi connectivity index (χ4n) is 2.29. The second kappa shape index (κ2) is 7.96. The predicted molar refractivity (Wildman–Crippen MR) is 85.8 cm³/mol. The van der Waals surface area contributed by atoms with Crippen molar-refractivity contribution >= 4 is 11.6 Å². The number of benzene rings is 2. The summed E-state index contributed by atoms with van der Waals surface area (Å²) in [5, 5.41) is 0. The van der Waals surface area contributed by atoms with Gasteiger partial charge in [0.25, 0.3) is 0 Å². The number of aryl methyl sites for hydroxylation is 1. The highest BCUT2D eigenvalue weighted by Crippen LogP contribution is 2.23. The summed E-state index contributed by atoms with van der Waals surface area (Å²) in [7, 11) is 0. The Labute approximate surface area is 126 Å². The van der Waals surface area contributed by atoms with Gasteiger partial charge in [0.15, 0.2) is 0 Å². The summed E-state index contributed by atoms with van der Waals surface area (Å²) < 4.78 is 5.72. The Morgan fingerprint density at radius 2 is 1.85 bits per heavy atom. The van der Waals surface area contributed by atoms with Crippen molar-refractivity contribution in [1.29, 1.82) is 0 Å². The maximum absolute atomic E-state index is 6.11. The van der Waals surface area contributed by atoms with Gasteiger partial charge in [-0.3, -0.25) is 0 Å². The highest BCUT2D eigenvalue weighted by Gasteiger charge is 2.10. The SMILES string of the molecule is Cc1cccc(C(CCl)CCCOc2ccccc2)c1. The van der Waals surface area contributed by atoms with E-state index in [2.05, 4.69) is 31.2 Å². The second-order valence-corrected chi connectivity index (χ2v) is 5.38. The molecule has 0 saturated heterocycles. The Balaban J connectivity index is 1.80. The van der Waals surface area contributed by atoms with E-state index in [4.69, 9.17) is 16.3 Å². The first kappa shape index (κ1) is 14.9. The maximum Gasteiger partial charge on any atom is 0.119 e. The van der Waals surface area contributed by atoms with Crippen molar-refractivity contribution in [2.24, 2.45) is 0 Å². The van der Waals surface area contributed by atoms with Crippen molar-refractivity contribution in [3.05, 3.63) is 65.7 Å². The van der Waals surface area contributed by atoms with Crippen LogP contribution in [0, 0.1) is 6.92 Å². The van der Waals surface area contributed by atoms with Crippen molar-refractivity contribution in [3.8, 4) is 5.75 Å². The maximum atomic E-state index is 6.11. The van der Waals surface area contributed by atoms with Crippen LogP contribution >= 0.6 is 11.6 Å². The lowest BCUT2D eigenvalue weighted by atomic mass is 9.95. The van der Waals surface area contributed by atoms with Gasteiger partial charge in [-0.25, -0.2) is 0 Å². The van der Waals surface area contributed by atoms with E-state index in [9.17, 15) is 0 Å². The van der Waals surface area contributed by atoms with Gasteiger partial charge in [0, 0.05) is 5.88 Å². The molecular weight excluding hydrogens is 268 g/mol. The quantitative estimate of drug-likeness (QED) is 0.504. The van der Waals surface area contributed by atoms with Gasteiger partial charge in [-0.15, -0.1) is 11.6 Å². The third kappa shape index (κ3) is 4.57. The summed E-state index contributed by atoms with van der Waals surface area (Å²) >= 11 is 6.11. The monoisotopic (exact) mass is 288 g/mol. The minimum atomic E-state index is 0.413. The van der Waals surface area contributed by atoms with Gasteiger partial charge >= 0.3 is 0 Å². The van der Waals surface area contributed by atoms with E-state index in [1.54, 1.807) is 0 Å². The lowest BCUT2D eigenvalue weighted by Gasteiger charge is -2.15. The molecule has 20 heavy (non-hydrogen) atoms. The first-order valence-corrected chi connectivity index (χ1v) is 7.63. The molecule has 2 heteroatoms. The molecule has 0 saturated carbocycles. The molecule has 1 nitrogen and oxygen atoms in total. The summed E-state index contributed by atoms with van der Waals surface area (Å²) in [5.74, 6) is 2.01. The van der Waals surface area contributed by atoms with Crippen molar-refractivity contribution in [1.82, 2.24) is 0 Å². The van der Waals surface area contributed by atoms with Gasteiger partial charge in [-0.05, 0) is 43.4 Å². The number of hydrogen-bond acceptors (Lipinski definition) is 1. The average Bonchev–Trinajstić information content (AvgIpc) is 2.48. The Hall–Kier alpha value is -1.47. The van der Waals surface area contributed by atoms with Crippen molar-refractivity contribution in [3.63, 3.8) is 0 Å². The molecule has 1 atom stereocenters. The zero-order valence-corrected chi connectivity index (χ0v) is 12.6. The minimum absolute atomic E-state index is 0.413. The molecule has 0 heterocycles. The number of ether oxygens (including phenoxy) is 1. The fraction of sp³-hybridized carbons (Fsp3) is 0.333. The zero-order chi connectivity index (χ0) is 14.2. The normalized spacial score (nSPS) is 12.1. The molecule has 2 aromatic rings. The van der Waals surface area contributed by atoms with Crippen LogP contribution in [0.4, 0.5) is 0 Å². The highest BCUT2D eigenvalue weighted by atomic mass is 35.5. The van der Waals surface area contributed by atoms with E-state index in [1.807, 2.05) is 30.3 Å². The molecule has 0 aromatic heterocycles. The summed E-state index contributed by atoms with van der Waals surface area (Å²) in [6.45, 7) is 2.86. The van der Waals surface area contributed by atoms with Crippen LogP contribution in [0.25, 0.3) is 0 Å². The van der Waals surface area contributed by atoms with Crippen molar-refractivity contribution in [2.75, 3.05) is 12.5 Å². The summed E-state index contributed by atoms with van der Waals surface area (Å²) in [5.41, 5.74) is 2.62. The van der Waals surface area contributed by atoms with E-state index < -0.39 is 0 Å². The molecule has 0 amide bonds. The van der Waals surface area contributed by atoms with Gasteiger partial charge in [-0.1, -0.05) is 48.0 Å². The van der Waals surface area contributed by atoms with Crippen LogP contribution in [0.3, 0.4) is 0 Å². The molecule has 0 aliphatic rings. The predicted octanol–water partition coefficient (Wildman–Crippen LogP) is 5.18. The standard InChI is InChI=1S/C18H21ClO/c1-15-7-5-8-16(13-15)17(14-19)9-6-12-20-18-10-3-2-4-11-18/h2-5,7-8,10-11,13,17H,6,9,12,14H2,1H3. The highest BCUT2D eigenvalue weighted by molar-refractivity contribution is 6.18.